The van der Waals surface area contributed by atoms with Gasteiger partial charge in [0.2, 0.25) is 5.88 Å². The SMILES string of the molecule is Cn1nc(OCC2CCOC2)c2ccc(NC3=NCc4cccnc43)cc21. The normalized spacial score (nSPS) is 18.6. The molecule has 1 unspecified atom stereocenters. The Morgan fingerprint density at radius 1 is 1.33 bits per heavy atom. The van der Waals surface area contributed by atoms with Crippen molar-refractivity contribution in [2.24, 2.45) is 18.0 Å². The third-order valence-corrected chi connectivity index (χ3v) is 5.08. The van der Waals surface area contributed by atoms with Gasteiger partial charge in [-0.2, -0.15) is 0 Å². The van der Waals surface area contributed by atoms with Crippen LogP contribution in [0.1, 0.15) is 17.7 Å². The molecule has 3 aromatic rings. The maximum absolute atomic E-state index is 5.98. The summed E-state index contributed by atoms with van der Waals surface area (Å²) in [7, 11) is 1.93. The molecule has 1 N–H and O–H groups in total. The first-order valence-electron chi connectivity index (χ1n) is 9.21. The van der Waals surface area contributed by atoms with Gasteiger partial charge in [0.1, 0.15) is 5.69 Å². The molecule has 1 atom stereocenters. The summed E-state index contributed by atoms with van der Waals surface area (Å²) in [6, 6.07) is 10.1. The Morgan fingerprint density at radius 2 is 2.30 bits per heavy atom. The summed E-state index contributed by atoms with van der Waals surface area (Å²) in [4.78, 5) is 9.01. The number of nitrogens with zero attached hydrogens (tertiary/aromatic N) is 4. The molecule has 1 aromatic carbocycles. The number of pyridine rings is 1. The topological polar surface area (TPSA) is 73.6 Å². The molecular formula is C20H21N5O2. The molecule has 0 bridgehead atoms. The number of aliphatic imine (C=N–C) groups is 1. The predicted molar refractivity (Wildman–Crippen MR) is 103 cm³/mol. The number of benzene rings is 1. The molecule has 4 heterocycles. The highest BCUT2D eigenvalue weighted by atomic mass is 16.5. The molecule has 138 valence electrons. The van der Waals surface area contributed by atoms with Gasteiger partial charge in [-0.25, -0.2) is 0 Å². The van der Waals surface area contributed by atoms with Crippen LogP contribution >= 0.6 is 0 Å². The highest BCUT2D eigenvalue weighted by molar-refractivity contribution is 6.09. The van der Waals surface area contributed by atoms with Gasteiger partial charge in [0.15, 0.2) is 5.84 Å². The van der Waals surface area contributed by atoms with E-state index in [-0.39, 0.29) is 0 Å². The van der Waals surface area contributed by atoms with Crippen molar-refractivity contribution in [3.8, 4) is 5.88 Å². The van der Waals surface area contributed by atoms with Crippen LogP contribution in [-0.2, 0) is 18.3 Å². The van der Waals surface area contributed by atoms with E-state index < -0.39 is 0 Å². The van der Waals surface area contributed by atoms with Crippen LogP contribution in [0.25, 0.3) is 10.9 Å². The number of amidine groups is 1. The van der Waals surface area contributed by atoms with Crippen LogP contribution in [0.15, 0.2) is 41.5 Å². The molecule has 27 heavy (non-hydrogen) atoms. The average molecular weight is 363 g/mol. The molecule has 0 saturated carbocycles. The summed E-state index contributed by atoms with van der Waals surface area (Å²) < 4.78 is 13.2. The zero-order valence-corrected chi connectivity index (χ0v) is 15.2. The van der Waals surface area contributed by atoms with E-state index in [2.05, 4.69) is 32.5 Å². The highest BCUT2D eigenvalue weighted by Gasteiger charge is 2.19. The fourth-order valence-corrected chi connectivity index (χ4v) is 3.57. The largest absolute Gasteiger partial charge is 0.476 e. The smallest absolute Gasteiger partial charge is 0.240 e. The van der Waals surface area contributed by atoms with E-state index in [1.807, 2.05) is 29.9 Å². The number of hydrogen-bond acceptors (Lipinski definition) is 6. The van der Waals surface area contributed by atoms with E-state index in [9.17, 15) is 0 Å². The number of rotatable bonds is 4. The predicted octanol–water partition coefficient (Wildman–Crippen LogP) is 2.76. The lowest BCUT2D eigenvalue weighted by Gasteiger charge is -2.09. The van der Waals surface area contributed by atoms with Crippen LogP contribution in [0.3, 0.4) is 0 Å². The van der Waals surface area contributed by atoms with Crippen molar-refractivity contribution < 1.29 is 9.47 Å². The van der Waals surface area contributed by atoms with Crippen LogP contribution < -0.4 is 10.1 Å². The van der Waals surface area contributed by atoms with Crippen LogP contribution in [0.5, 0.6) is 5.88 Å². The first-order chi connectivity index (χ1) is 13.3. The molecule has 0 amide bonds. The van der Waals surface area contributed by atoms with Gasteiger partial charge in [-0.15, -0.1) is 5.10 Å². The minimum absolute atomic E-state index is 0.455. The van der Waals surface area contributed by atoms with Crippen molar-refractivity contribution in [3.63, 3.8) is 0 Å². The molecule has 7 nitrogen and oxygen atoms in total. The molecular weight excluding hydrogens is 342 g/mol. The number of aromatic nitrogens is 3. The number of aryl methyl sites for hydroxylation is 1. The summed E-state index contributed by atoms with van der Waals surface area (Å²) in [6.07, 6.45) is 2.85. The molecule has 0 aliphatic carbocycles. The van der Waals surface area contributed by atoms with Gasteiger partial charge < -0.3 is 14.8 Å². The van der Waals surface area contributed by atoms with Gasteiger partial charge in [-0.3, -0.25) is 14.7 Å². The van der Waals surface area contributed by atoms with Crippen LogP contribution in [0, 0.1) is 5.92 Å². The minimum Gasteiger partial charge on any atom is -0.476 e. The van der Waals surface area contributed by atoms with Gasteiger partial charge in [0.05, 0.1) is 30.7 Å². The molecule has 0 radical (unpaired) electrons. The molecule has 2 aliphatic heterocycles. The average Bonchev–Trinajstić information content (AvgIpc) is 3.41. The lowest BCUT2D eigenvalue weighted by molar-refractivity contribution is 0.165. The molecule has 7 heteroatoms. The van der Waals surface area contributed by atoms with Crippen molar-refractivity contribution in [1.82, 2.24) is 14.8 Å². The number of ether oxygens (including phenoxy) is 2. The lowest BCUT2D eigenvalue weighted by Crippen LogP contribution is -2.13. The quantitative estimate of drug-likeness (QED) is 0.772. The summed E-state index contributed by atoms with van der Waals surface area (Å²) in [5.74, 6) is 1.94. The first kappa shape index (κ1) is 16.3. The van der Waals surface area contributed by atoms with E-state index in [0.717, 1.165) is 53.3 Å². The third kappa shape index (κ3) is 3.04. The van der Waals surface area contributed by atoms with Crippen molar-refractivity contribution >= 4 is 22.4 Å². The second kappa shape index (κ2) is 6.66. The second-order valence-corrected chi connectivity index (χ2v) is 7.00. The summed E-state index contributed by atoms with van der Waals surface area (Å²) in [5, 5.41) is 8.94. The van der Waals surface area contributed by atoms with Crippen LogP contribution in [0.2, 0.25) is 0 Å². The van der Waals surface area contributed by atoms with Gasteiger partial charge in [-0.1, -0.05) is 6.07 Å². The lowest BCUT2D eigenvalue weighted by atomic mass is 10.1. The number of hydrogen-bond donors (Lipinski definition) is 1. The van der Waals surface area contributed by atoms with Crippen molar-refractivity contribution in [3.05, 3.63) is 47.8 Å². The molecule has 2 aliphatic rings. The molecule has 1 fully saturated rings. The van der Waals surface area contributed by atoms with E-state index in [4.69, 9.17) is 9.47 Å². The Hall–Kier alpha value is -2.93. The van der Waals surface area contributed by atoms with Gasteiger partial charge in [0, 0.05) is 37.0 Å². The van der Waals surface area contributed by atoms with Gasteiger partial charge in [0.25, 0.3) is 0 Å². The fourth-order valence-electron chi connectivity index (χ4n) is 3.57. The van der Waals surface area contributed by atoms with Crippen molar-refractivity contribution in [2.45, 2.75) is 13.0 Å². The maximum Gasteiger partial charge on any atom is 0.240 e. The van der Waals surface area contributed by atoms with Crippen molar-refractivity contribution in [2.75, 3.05) is 25.1 Å². The van der Waals surface area contributed by atoms with E-state index in [1.165, 1.54) is 0 Å². The summed E-state index contributed by atoms with van der Waals surface area (Å²) in [5.41, 5.74) is 4.04. The molecule has 0 spiro atoms. The first-order valence-corrected chi connectivity index (χ1v) is 9.21. The van der Waals surface area contributed by atoms with Crippen LogP contribution in [0.4, 0.5) is 5.69 Å². The van der Waals surface area contributed by atoms with E-state index >= 15 is 0 Å². The Bertz CT molecular complexity index is 1020. The second-order valence-electron chi connectivity index (χ2n) is 7.00. The van der Waals surface area contributed by atoms with Gasteiger partial charge in [-0.05, 0) is 30.7 Å². The van der Waals surface area contributed by atoms with Crippen LogP contribution in [-0.4, -0.2) is 40.4 Å². The molecule has 5 rings (SSSR count). The van der Waals surface area contributed by atoms with E-state index in [0.29, 0.717) is 24.9 Å². The molecule has 2 aromatic heterocycles. The number of nitrogens with one attached hydrogen (secondary N) is 1. The summed E-state index contributed by atoms with van der Waals surface area (Å²) in [6.45, 7) is 2.91. The zero-order chi connectivity index (χ0) is 18.2. The molecule has 1 saturated heterocycles. The standard InChI is InChI=1S/C20H21N5O2/c1-25-17-9-15(23-19-18-14(10-22-19)3-2-7-21-18)4-5-16(17)20(24-25)27-12-13-6-8-26-11-13/h2-5,7,9,13H,6,8,10-12H2,1H3,(H,22,23). The minimum atomic E-state index is 0.455. The third-order valence-electron chi connectivity index (χ3n) is 5.08. The number of fused-ring (bicyclic) bond motifs is 2. The Kier molecular flexibility index (Phi) is 4.01. The van der Waals surface area contributed by atoms with Crippen molar-refractivity contribution in [1.29, 1.82) is 0 Å². The fraction of sp³-hybridized carbons (Fsp3) is 0.350. The highest BCUT2D eigenvalue weighted by Crippen LogP contribution is 2.28. The zero-order valence-electron chi connectivity index (χ0n) is 15.2. The monoisotopic (exact) mass is 363 g/mol. The Labute approximate surface area is 157 Å². The Morgan fingerprint density at radius 3 is 3.19 bits per heavy atom. The van der Waals surface area contributed by atoms with E-state index in [1.54, 1.807) is 6.20 Å². The number of anilines is 1. The Balaban J connectivity index is 1.37. The van der Waals surface area contributed by atoms with Gasteiger partial charge >= 0.3 is 0 Å². The maximum atomic E-state index is 5.98. The summed E-state index contributed by atoms with van der Waals surface area (Å²) >= 11 is 0.